The number of hydrogen-bond acceptors (Lipinski definition) is 11. The molecule has 54 heavy (non-hydrogen) atoms. The molecule has 14 nitrogen and oxygen atoms in total. The highest BCUT2D eigenvalue weighted by atomic mass is 35.5. The highest BCUT2D eigenvalue weighted by Crippen LogP contribution is 2.53. The molecule has 3 aromatic rings. The van der Waals surface area contributed by atoms with Crippen molar-refractivity contribution in [3.8, 4) is 16.9 Å². The number of carbonyl (C=O) groups is 1. The molecule has 0 bridgehead atoms. The minimum Gasteiger partial charge on any atom is -0.490 e. The van der Waals surface area contributed by atoms with E-state index in [-0.39, 0.29) is 36.7 Å². The summed E-state index contributed by atoms with van der Waals surface area (Å²) in [5, 5.41) is 53.3. The van der Waals surface area contributed by atoms with E-state index in [1.165, 1.54) is 10.4 Å². The minimum atomic E-state index is -3.95. The number of carbonyl (C=O) groups excluding carboxylic acids is 1. The number of nitrogens with zero attached hydrogens (tertiary/aromatic N) is 2. The smallest absolute Gasteiger partial charge is 0.315 e. The lowest BCUT2D eigenvalue weighted by Gasteiger charge is -2.28. The van der Waals surface area contributed by atoms with Crippen LogP contribution in [0.15, 0.2) is 65.8 Å². The number of rotatable bonds is 21. The summed E-state index contributed by atoms with van der Waals surface area (Å²) < 4.78 is 42.1. The first-order valence-electron chi connectivity index (χ1n) is 18.3. The zero-order valence-corrected chi connectivity index (χ0v) is 32.0. The van der Waals surface area contributed by atoms with Crippen molar-refractivity contribution in [2.75, 3.05) is 26.3 Å². The largest absolute Gasteiger partial charge is 0.490 e. The summed E-state index contributed by atoms with van der Waals surface area (Å²) in [6.07, 6.45) is 3.06. The second kappa shape index (κ2) is 18.5. The predicted octanol–water partition coefficient (Wildman–Crippen LogP) is 3.06. The first-order valence-corrected chi connectivity index (χ1v) is 20.1. The van der Waals surface area contributed by atoms with Crippen LogP contribution in [0, 0.1) is 0 Å². The molecule has 1 heterocycles. The molecular formula is C38H51ClN4O10S. The lowest BCUT2D eigenvalue weighted by Crippen LogP contribution is -2.56. The zero-order valence-electron chi connectivity index (χ0n) is 30.5. The van der Waals surface area contributed by atoms with E-state index >= 15 is 0 Å². The molecule has 16 heteroatoms. The van der Waals surface area contributed by atoms with Crippen LogP contribution in [0.2, 0.25) is 5.02 Å². The molecule has 0 unspecified atom stereocenters. The number of aromatic nitrogens is 1. The van der Waals surface area contributed by atoms with Crippen LogP contribution in [-0.4, -0.2) is 112 Å². The third-order valence-corrected chi connectivity index (χ3v) is 12.1. The average Bonchev–Trinajstić information content (AvgIpc) is 4.11. The van der Waals surface area contributed by atoms with Gasteiger partial charge in [-0.05, 0) is 93.8 Å². The molecule has 0 saturated heterocycles. The van der Waals surface area contributed by atoms with Crippen LogP contribution in [0.1, 0.15) is 63.5 Å². The van der Waals surface area contributed by atoms with E-state index < -0.39 is 59.2 Å². The molecule has 2 saturated carbocycles. The van der Waals surface area contributed by atoms with Gasteiger partial charge in [0.25, 0.3) is 0 Å². The highest BCUT2D eigenvalue weighted by molar-refractivity contribution is 7.89. The molecule has 0 radical (unpaired) electrons. The van der Waals surface area contributed by atoms with E-state index in [1.54, 1.807) is 32.2 Å². The molecule has 7 N–H and O–H groups in total. The first kappa shape index (κ1) is 41.8. The van der Waals surface area contributed by atoms with E-state index in [0.717, 1.165) is 48.1 Å². The molecular weight excluding hydrogens is 740 g/mol. The molecule has 2 aliphatic rings. The topological polar surface area (TPSA) is 211 Å². The number of sulfonamides is 1. The van der Waals surface area contributed by atoms with Crippen molar-refractivity contribution in [2.24, 2.45) is 0 Å². The Bertz CT molecular complexity index is 1830. The molecule has 2 aromatic carbocycles. The summed E-state index contributed by atoms with van der Waals surface area (Å²) in [6, 6.07) is 12.1. The summed E-state index contributed by atoms with van der Waals surface area (Å²) in [4.78, 5) is 16.8. The molecule has 4 atom stereocenters. The SMILES string of the molecule is CC(C)N(CCCCNC(=O)N[C@@H](CO)[C@@H](O)[C@H](O)[C@H](O)CO)S(=O)(=O)c1ccc(Cl)c(COC2(c3cnccc3-c3ccccc3OC3CC3)CC2)c1. The minimum absolute atomic E-state index is 0.0804. The van der Waals surface area contributed by atoms with Gasteiger partial charge in [-0.15, -0.1) is 0 Å². The lowest BCUT2D eigenvalue weighted by atomic mass is 9.96. The van der Waals surface area contributed by atoms with E-state index in [1.807, 2.05) is 36.5 Å². The van der Waals surface area contributed by atoms with Gasteiger partial charge in [0.2, 0.25) is 10.0 Å². The monoisotopic (exact) mass is 790 g/mol. The van der Waals surface area contributed by atoms with Crippen LogP contribution in [0.5, 0.6) is 5.75 Å². The maximum Gasteiger partial charge on any atom is 0.315 e. The highest BCUT2D eigenvalue weighted by Gasteiger charge is 2.48. The summed E-state index contributed by atoms with van der Waals surface area (Å²) in [5.41, 5.74) is 2.82. The third-order valence-electron chi connectivity index (χ3n) is 9.66. The van der Waals surface area contributed by atoms with Gasteiger partial charge in [0, 0.05) is 47.7 Å². The van der Waals surface area contributed by atoms with Crippen molar-refractivity contribution in [1.29, 1.82) is 0 Å². The number of benzene rings is 2. The van der Waals surface area contributed by atoms with Crippen molar-refractivity contribution in [1.82, 2.24) is 19.9 Å². The normalized spacial score (nSPS) is 17.5. The lowest BCUT2D eigenvalue weighted by molar-refractivity contribution is -0.0902. The van der Waals surface area contributed by atoms with E-state index in [2.05, 4.69) is 15.6 Å². The number of amides is 2. The molecule has 2 aliphatic carbocycles. The number of aliphatic hydroxyl groups is 5. The Hall–Kier alpha value is -3.38. The average molecular weight is 791 g/mol. The van der Waals surface area contributed by atoms with Gasteiger partial charge in [-0.2, -0.15) is 4.31 Å². The number of unbranched alkanes of at least 4 members (excludes halogenated alkanes) is 1. The number of urea groups is 1. The third kappa shape index (κ3) is 10.3. The summed E-state index contributed by atoms with van der Waals surface area (Å²) in [7, 11) is -3.95. The van der Waals surface area contributed by atoms with Crippen LogP contribution in [0.3, 0.4) is 0 Å². The van der Waals surface area contributed by atoms with E-state index in [0.29, 0.717) is 23.4 Å². The molecule has 2 amide bonds. The fraction of sp³-hybridized carbons (Fsp3) is 0.526. The Labute approximate surface area is 321 Å². The van der Waals surface area contributed by atoms with Crippen molar-refractivity contribution >= 4 is 27.7 Å². The quantitative estimate of drug-likeness (QED) is 0.0780. The predicted molar refractivity (Wildman–Crippen MR) is 201 cm³/mol. The Morgan fingerprint density at radius 1 is 1.02 bits per heavy atom. The molecule has 1 aromatic heterocycles. The van der Waals surface area contributed by atoms with Gasteiger partial charge in [-0.1, -0.05) is 29.8 Å². The number of pyridine rings is 1. The summed E-state index contributed by atoms with van der Waals surface area (Å²) in [6.45, 7) is 2.41. The number of para-hydroxylation sites is 1. The first-order chi connectivity index (χ1) is 25.8. The second-order valence-electron chi connectivity index (χ2n) is 14.1. The number of hydrogen-bond donors (Lipinski definition) is 7. The van der Waals surface area contributed by atoms with E-state index in [4.69, 9.17) is 26.2 Å². The Balaban J connectivity index is 1.19. The Morgan fingerprint density at radius 3 is 2.43 bits per heavy atom. The molecule has 0 aliphatic heterocycles. The van der Waals surface area contributed by atoms with Gasteiger partial charge < -0.3 is 45.6 Å². The summed E-state index contributed by atoms with van der Waals surface area (Å²) in [5.74, 6) is 0.822. The maximum absolute atomic E-state index is 13.9. The number of nitrogens with one attached hydrogen (secondary N) is 2. The molecule has 5 rings (SSSR count). The fourth-order valence-electron chi connectivity index (χ4n) is 6.21. The standard InChI is InChI=1S/C38H51ClN4O10S/c1-24(2)43(18-6-5-16-41-37(49)42-32(21-44)35(47)36(48)33(46)22-45)54(50,51)27-11-12-31(39)25(19-27)23-52-38(14-15-38)30-20-40-17-13-28(30)29-7-3-4-8-34(29)53-26-9-10-26/h3-4,7-8,11-13,17,19-20,24,26,32-33,35-36,44-48H,5-6,9-10,14-16,18,21-23H2,1-2H3,(H2,41,42,49)/t32-,33+,35+,36+/m0/s1. The Kier molecular flexibility index (Phi) is 14.3. The van der Waals surface area contributed by atoms with Crippen molar-refractivity contribution in [2.45, 2.75) is 106 Å². The van der Waals surface area contributed by atoms with Crippen LogP contribution in [-0.2, 0) is 27.0 Å². The van der Waals surface area contributed by atoms with Gasteiger partial charge in [0.1, 0.15) is 24.1 Å². The molecule has 0 spiro atoms. The zero-order chi connectivity index (χ0) is 39.0. The number of halogens is 1. The Morgan fingerprint density at radius 2 is 1.76 bits per heavy atom. The van der Waals surface area contributed by atoms with Crippen LogP contribution in [0.4, 0.5) is 4.79 Å². The van der Waals surface area contributed by atoms with Crippen molar-refractivity contribution in [3.05, 3.63) is 77.1 Å². The van der Waals surface area contributed by atoms with Gasteiger partial charge >= 0.3 is 6.03 Å². The molecule has 296 valence electrons. The van der Waals surface area contributed by atoms with Crippen molar-refractivity contribution < 1.29 is 48.2 Å². The van der Waals surface area contributed by atoms with Crippen LogP contribution in [0.25, 0.3) is 11.1 Å². The maximum atomic E-state index is 13.9. The van der Waals surface area contributed by atoms with E-state index in [9.17, 15) is 33.6 Å². The van der Waals surface area contributed by atoms with Gasteiger partial charge in [-0.25, -0.2) is 13.2 Å². The van der Waals surface area contributed by atoms with Gasteiger partial charge in [0.05, 0.1) is 42.5 Å². The van der Waals surface area contributed by atoms with Crippen LogP contribution >= 0.6 is 11.6 Å². The molecule has 2 fully saturated rings. The number of aliphatic hydroxyl groups excluding tert-OH is 5. The van der Waals surface area contributed by atoms with Gasteiger partial charge in [-0.3, -0.25) is 4.98 Å². The van der Waals surface area contributed by atoms with Crippen molar-refractivity contribution in [3.63, 3.8) is 0 Å². The van der Waals surface area contributed by atoms with Crippen LogP contribution < -0.4 is 15.4 Å². The number of ether oxygens (including phenoxy) is 2. The van der Waals surface area contributed by atoms with Gasteiger partial charge in [0.15, 0.2) is 0 Å². The second-order valence-corrected chi connectivity index (χ2v) is 16.4. The fourth-order valence-corrected chi connectivity index (χ4v) is 8.11. The summed E-state index contributed by atoms with van der Waals surface area (Å²) >= 11 is 6.61.